The van der Waals surface area contributed by atoms with Gasteiger partial charge in [0.05, 0.1) is 19.6 Å². The smallest absolute Gasteiger partial charge is 0.233 e. The third-order valence-electron chi connectivity index (χ3n) is 6.70. The molecule has 172 valence electrons. The molecule has 1 aromatic heterocycles. The normalized spacial score (nSPS) is 17.7. The zero-order valence-electron chi connectivity index (χ0n) is 19.1. The van der Waals surface area contributed by atoms with Crippen molar-refractivity contribution in [3.8, 4) is 23.8 Å². The molecule has 2 aliphatic heterocycles. The molecule has 1 fully saturated rings. The maximum Gasteiger partial charge on any atom is 0.233 e. The Morgan fingerprint density at radius 2 is 2.03 bits per heavy atom. The van der Waals surface area contributed by atoms with Gasteiger partial charge in [0, 0.05) is 67.0 Å². The van der Waals surface area contributed by atoms with Gasteiger partial charge in [-0.2, -0.15) is 15.5 Å². The van der Waals surface area contributed by atoms with E-state index in [2.05, 4.69) is 33.3 Å². The van der Waals surface area contributed by atoms with Gasteiger partial charge in [0.15, 0.2) is 0 Å². The first kappa shape index (κ1) is 21.8. The van der Waals surface area contributed by atoms with E-state index in [0.29, 0.717) is 37.4 Å². The lowest BCUT2D eigenvalue weighted by molar-refractivity contribution is 0.393. The summed E-state index contributed by atoms with van der Waals surface area (Å²) >= 11 is 0. The third kappa shape index (κ3) is 3.83. The van der Waals surface area contributed by atoms with Crippen molar-refractivity contribution in [2.45, 2.75) is 25.4 Å². The fraction of sp³-hybridized carbons (Fsp3) is 0.346. The zero-order valence-corrected chi connectivity index (χ0v) is 19.1. The quantitative estimate of drug-likeness (QED) is 0.619. The van der Waals surface area contributed by atoms with Crippen molar-refractivity contribution >= 4 is 22.3 Å². The van der Waals surface area contributed by atoms with E-state index in [4.69, 9.17) is 15.0 Å². The summed E-state index contributed by atoms with van der Waals surface area (Å²) in [5, 5.41) is 34.9. The molecule has 0 spiro atoms. The van der Waals surface area contributed by atoms with Crippen LogP contribution in [0.4, 0.5) is 11.5 Å². The summed E-state index contributed by atoms with van der Waals surface area (Å²) in [6.45, 7) is 3.48. The molecule has 3 aromatic rings. The molecular weight excluding hydrogens is 428 g/mol. The summed E-state index contributed by atoms with van der Waals surface area (Å²) in [7, 11) is 1.54. The van der Waals surface area contributed by atoms with Crippen LogP contribution in [0.25, 0.3) is 10.8 Å². The van der Waals surface area contributed by atoms with Crippen molar-refractivity contribution in [2.24, 2.45) is 0 Å². The number of anilines is 2. The Morgan fingerprint density at radius 1 is 1.18 bits per heavy atom. The molecule has 0 saturated carbocycles. The molecule has 3 heterocycles. The number of ether oxygens (including phenoxy) is 1. The van der Waals surface area contributed by atoms with Gasteiger partial charge >= 0.3 is 0 Å². The monoisotopic (exact) mass is 454 g/mol. The molecule has 2 aromatic carbocycles. The highest BCUT2D eigenvalue weighted by molar-refractivity contribution is 5.95. The number of hydrogen-bond acceptors (Lipinski definition) is 8. The topological polar surface area (TPSA) is 108 Å². The van der Waals surface area contributed by atoms with Gasteiger partial charge in [0.2, 0.25) is 5.88 Å². The fourth-order valence-corrected chi connectivity index (χ4v) is 5.12. The summed E-state index contributed by atoms with van der Waals surface area (Å²) in [6, 6.07) is 16.2. The van der Waals surface area contributed by atoms with Crippen LogP contribution in [-0.4, -0.2) is 49.4 Å². The van der Waals surface area contributed by atoms with Crippen molar-refractivity contribution < 1.29 is 9.84 Å². The lowest BCUT2D eigenvalue weighted by Crippen LogP contribution is -2.51. The number of aromatic hydroxyl groups is 1. The first-order valence-corrected chi connectivity index (χ1v) is 11.4. The number of nitrogens with zero attached hydrogens (tertiary/aromatic N) is 5. The number of rotatable bonds is 4. The molecule has 0 radical (unpaired) electrons. The van der Waals surface area contributed by atoms with E-state index in [0.717, 1.165) is 53.0 Å². The van der Waals surface area contributed by atoms with Gasteiger partial charge in [-0.15, -0.1) is 0 Å². The molecule has 0 bridgehead atoms. The number of pyridine rings is 1. The molecule has 8 nitrogen and oxygen atoms in total. The van der Waals surface area contributed by atoms with Crippen LogP contribution in [0.3, 0.4) is 0 Å². The number of nitriles is 2. The van der Waals surface area contributed by atoms with E-state index < -0.39 is 0 Å². The van der Waals surface area contributed by atoms with Gasteiger partial charge in [-0.05, 0) is 17.9 Å². The number of benzene rings is 2. The van der Waals surface area contributed by atoms with Gasteiger partial charge in [0.25, 0.3) is 0 Å². The van der Waals surface area contributed by atoms with Crippen molar-refractivity contribution in [1.29, 1.82) is 10.5 Å². The lowest BCUT2D eigenvalue weighted by atomic mass is 9.94. The average molecular weight is 455 g/mol. The highest BCUT2D eigenvalue weighted by Crippen LogP contribution is 2.39. The minimum absolute atomic E-state index is 0.0802. The van der Waals surface area contributed by atoms with E-state index in [9.17, 15) is 10.4 Å². The van der Waals surface area contributed by atoms with Crippen LogP contribution in [-0.2, 0) is 13.0 Å². The molecule has 0 aliphatic carbocycles. The molecule has 8 heteroatoms. The van der Waals surface area contributed by atoms with Gasteiger partial charge in [-0.3, -0.25) is 0 Å². The van der Waals surface area contributed by atoms with Gasteiger partial charge in [-0.25, -0.2) is 0 Å². The van der Waals surface area contributed by atoms with Crippen LogP contribution in [0.1, 0.15) is 23.1 Å². The summed E-state index contributed by atoms with van der Waals surface area (Å²) in [4.78, 5) is 9.19. The molecule has 1 saturated heterocycles. The second-order valence-electron chi connectivity index (χ2n) is 8.71. The van der Waals surface area contributed by atoms with Crippen molar-refractivity contribution in [3.63, 3.8) is 0 Å². The standard InChI is InChI=1S/C26H26N6O2/c1-34-26-22(14-28)23-16-31(24-13-19(33)12-17-4-2-3-5-20(17)24)10-7-21(23)25(30-26)32-11-9-29-18(15-32)6-8-27/h2-5,12-13,18,29,33H,6-7,9-11,15-16H2,1H3. The minimum atomic E-state index is 0.0802. The fourth-order valence-electron chi connectivity index (χ4n) is 5.12. The Balaban J connectivity index is 1.58. The highest BCUT2D eigenvalue weighted by Gasteiger charge is 2.31. The number of nitrogens with one attached hydrogen (secondary N) is 1. The summed E-state index contributed by atoms with van der Waals surface area (Å²) in [5.41, 5.74) is 3.38. The molecule has 1 atom stereocenters. The van der Waals surface area contributed by atoms with E-state index in [1.807, 2.05) is 18.2 Å². The van der Waals surface area contributed by atoms with Crippen molar-refractivity contribution in [3.05, 3.63) is 53.1 Å². The van der Waals surface area contributed by atoms with E-state index >= 15 is 0 Å². The molecule has 0 amide bonds. The Bertz CT molecular complexity index is 1330. The number of piperazine rings is 1. The van der Waals surface area contributed by atoms with Crippen LogP contribution >= 0.6 is 0 Å². The first-order chi connectivity index (χ1) is 16.6. The Kier molecular flexibility index (Phi) is 5.83. The van der Waals surface area contributed by atoms with Crippen LogP contribution in [0.2, 0.25) is 0 Å². The molecule has 2 aliphatic rings. The highest BCUT2D eigenvalue weighted by atomic mass is 16.5. The average Bonchev–Trinajstić information content (AvgIpc) is 2.87. The molecule has 2 N–H and O–H groups in total. The van der Waals surface area contributed by atoms with Crippen LogP contribution in [0, 0.1) is 22.7 Å². The van der Waals surface area contributed by atoms with E-state index in [-0.39, 0.29) is 11.8 Å². The number of phenols is 1. The number of methoxy groups -OCH3 is 1. The Morgan fingerprint density at radius 3 is 2.82 bits per heavy atom. The summed E-state index contributed by atoms with van der Waals surface area (Å²) < 4.78 is 5.55. The summed E-state index contributed by atoms with van der Waals surface area (Å²) in [5.74, 6) is 1.39. The SMILES string of the molecule is COc1nc(N2CCNC(CC#N)C2)c2c(c1C#N)CN(c1cc(O)cc3ccccc13)CC2. The summed E-state index contributed by atoms with van der Waals surface area (Å²) in [6.07, 6.45) is 1.15. The van der Waals surface area contributed by atoms with Crippen LogP contribution in [0.5, 0.6) is 11.6 Å². The number of fused-ring (bicyclic) bond motifs is 2. The van der Waals surface area contributed by atoms with Crippen molar-refractivity contribution in [2.75, 3.05) is 43.1 Å². The van der Waals surface area contributed by atoms with E-state index in [1.165, 1.54) is 0 Å². The maximum absolute atomic E-state index is 10.4. The second kappa shape index (κ2) is 9.09. The molecular formula is C26H26N6O2. The van der Waals surface area contributed by atoms with Gasteiger partial charge in [-0.1, -0.05) is 24.3 Å². The number of phenolic OH excluding ortho intramolecular Hbond substituents is 1. The largest absolute Gasteiger partial charge is 0.508 e. The third-order valence-corrected chi connectivity index (χ3v) is 6.70. The zero-order chi connectivity index (χ0) is 23.7. The van der Waals surface area contributed by atoms with Gasteiger partial charge < -0.3 is 25.0 Å². The molecule has 5 rings (SSSR count). The van der Waals surface area contributed by atoms with Gasteiger partial charge in [0.1, 0.15) is 23.2 Å². The Hall–Kier alpha value is -4.01. The molecule has 1 unspecified atom stereocenters. The lowest BCUT2D eigenvalue weighted by Gasteiger charge is -2.38. The van der Waals surface area contributed by atoms with Crippen LogP contribution < -0.4 is 19.9 Å². The predicted octanol–water partition coefficient (Wildman–Crippen LogP) is 3.08. The second-order valence-corrected chi connectivity index (χ2v) is 8.71. The number of aromatic nitrogens is 1. The number of hydrogen-bond donors (Lipinski definition) is 2. The Labute approximate surface area is 198 Å². The predicted molar refractivity (Wildman–Crippen MR) is 130 cm³/mol. The molecule has 34 heavy (non-hydrogen) atoms. The minimum Gasteiger partial charge on any atom is -0.508 e. The first-order valence-electron chi connectivity index (χ1n) is 11.4. The maximum atomic E-state index is 10.4. The van der Waals surface area contributed by atoms with E-state index in [1.54, 1.807) is 19.2 Å². The van der Waals surface area contributed by atoms with Crippen LogP contribution in [0.15, 0.2) is 36.4 Å². The van der Waals surface area contributed by atoms with Crippen molar-refractivity contribution in [1.82, 2.24) is 10.3 Å².